The zero-order chi connectivity index (χ0) is 18.5. The van der Waals surface area contributed by atoms with Crippen LogP contribution in [0.2, 0.25) is 0 Å². The fraction of sp³-hybridized carbons (Fsp3) is 0.278. The Morgan fingerprint density at radius 3 is 2.42 bits per heavy atom. The molecule has 1 atom stereocenters. The Bertz CT molecular complexity index is 807. The topological polar surface area (TPSA) is 103 Å². The smallest absolute Gasteiger partial charge is 0.269 e. The van der Waals surface area contributed by atoms with E-state index in [1.54, 1.807) is 13.0 Å². The number of nitrogens with zero attached hydrogens (tertiary/aromatic N) is 1. The number of carbonyl (C=O) groups excluding carboxylic acids is 1. The van der Waals surface area contributed by atoms with E-state index in [4.69, 9.17) is 9.47 Å². The molecule has 1 heterocycles. The minimum absolute atomic E-state index is 0.0265. The van der Waals surface area contributed by atoms with Gasteiger partial charge < -0.3 is 20.1 Å². The summed E-state index contributed by atoms with van der Waals surface area (Å²) in [5.74, 6) is 1.08. The van der Waals surface area contributed by atoms with Crippen LogP contribution in [0.15, 0.2) is 42.5 Å². The number of rotatable bonds is 5. The highest BCUT2D eigenvalue weighted by Crippen LogP contribution is 2.32. The van der Waals surface area contributed by atoms with E-state index >= 15 is 0 Å². The van der Waals surface area contributed by atoms with Gasteiger partial charge in [0.05, 0.1) is 18.1 Å². The van der Waals surface area contributed by atoms with Crippen LogP contribution in [0.4, 0.5) is 17.1 Å². The summed E-state index contributed by atoms with van der Waals surface area (Å²) in [6.07, 6.45) is 0.825. The highest BCUT2D eigenvalue weighted by molar-refractivity contribution is 5.96. The first-order chi connectivity index (χ1) is 12.5. The highest BCUT2D eigenvalue weighted by Gasteiger charge is 2.16. The van der Waals surface area contributed by atoms with Crippen molar-refractivity contribution in [1.29, 1.82) is 0 Å². The number of nitro benzene ring substituents is 1. The predicted octanol–water partition coefficient (Wildman–Crippen LogP) is 3.20. The number of nitrogens with one attached hydrogen (secondary N) is 2. The first-order valence-corrected chi connectivity index (χ1v) is 8.24. The molecule has 0 aromatic heterocycles. The summed E-state index contributed by atoms with van der Waals surface area (Å²) in [6, 6.07) is 10.6. The lowest BCUT2D eigenvalue weighted by atomic mass is 10.2. The Morgan fingerprint density at radius 2 is 1.73 bits per heavy atom. The summed E-state index contributed by atoms with van der Waals surface area (Å²) in [4.78, 5) is 22.5. The van der Waals surface area contributed by atoms with Crippen molar-refractivity contribution in [3.8, 4) is 11.5 Å². The Balaban J connectivity index is 1.62. The maximum absolute atomic E-state index is 12.3. The normalized spacial score (nSPS) is 14.0. The van der Waals surface area contributed by atoms with Gasteiger partial charge in [-0.15, -0.1) is 0 Å². The van der Waals surface area contributed by atoms with E-state index in [-0.39, 0.29) is 11.6 Å². The number of hydrogen-bond donors (Lipinski definition) is 2. The minimum Gasteiger partial charge on any atom is -0.490 e. The first kappa shape index (κ1) is 17.5. The second-order valence-corrected chi connectivity index (χ2v) is 5.87. The lowest BCUT2D eigenvalue weighted by Gasteiger charge is -2.16. The van der Waals surface area contributed by atoms with Gasteiger partial charge in [0.2, 0.25) is 5.91 Å². The summed E-state index contributed by atoms with van der Waals surface area (Å²) < 4.78 is 11.2. The molecule has 2 aromatic rings. The van der Waals surface area contributed by atoms with Crippen LogP contribution in [0.1, 0.15) is 13.3 Å². The highest BCUT2D eigenvalue weighted by atomic mass is 16.6. The van der Waals surface area contributed by atoms with Crippen LogP contribution < -0.4 is 20.1 Å². The van der Waals surface area contributed by atoms with Crippen molar-refractivity contribution in [1.82, 2.24) is 0 Å². The van der Waals surface area contributed by atoms with Crippen molar-refractivity contribution in [2.75, 3.05) is 23.8 Å². The van der Waals surface area contributed by atoms with Gasteiger partial charge in [0.25, 0.3) is 5.69 Å². The molecule has 1 amide bonds. The van der Waals surface area contributed by atoms with Crippen LogP contribution in [0, 0.1) is 10.1 Å². The molecule has 2 aromatic carbocycles. The van der Waals surface area contributed by atoms with Gasteiger partial charge in [-0.3, -0.25) is 14.9 Å². The van der Waals surface area contributed by atoms with Gasteiger partial charge in [-0.1, -0.05) is 0 Å². The third-order valence-corrected chi connectivity index (χ3v) is 3.87. The van der Waals surface area contributed by atoms with Crippen LogP contribution in [0.25, 0.3) is 0 Å². The van der Waals surface area contributed by atoms with Gasteiger partial charge in [0, 0.05) is 36.0 Å². The number of amides is 1. The van der Waals surface area contributed by atoms with Crippen molar-refractivity contribution in [3.05, 3.63) is 52.6 Å². The molecule has 0 aliphatic carbocycles. The molecular weight excluding hydrogens is 338 g/mol. The van der Waals surface area contributed by atoms with Gasteiger partial charge in [0.1, 0.15) is 6.04 Å². The molecule has 0 saturated heterocycles. The molecule has 1 aliphatic rings. The molecule has 0 spiro atoms. The summed E-state index contributed by atoms with van der Waals surface area (Å²) >= 11 is 0. The molecule has 1 aliphatic heterocycles. The maximum Gasteiger partial charge on any atom is 0.269 e. The lowest BCUT2D eigenvalue weighted by Crippen LogP contribution is -2.31. The van der Waals surface area contributed by atoms with Crippen LogP contribution in [0.5, 0.6) is 11.5 Å². The van der Waals surface area contributed by atoms with E-state index in [1.807, 2.05) is 12.1 Å². The van der Waals surface area contributed by atoms with E-state index in [0.29, 0.717) is 30.4 Å². The van der Waals surface area contributed by atoms with Crippen LogP contribution in [-0.2, 0) is 4.79 Å². The first-order valence-electron chi connectivity index (χ1n) is 8.24. The van der Waals surface area contributed by atoms with E-state index in [1.165, 1.54) is 24.3 Å². The van der Waals surface area contributed by atoms with Gasteiger partial charge in [-0.25, -0.2) is 0 Å². The molecule has 0 fully saturated rings. The molecule has 8 heteroatoms. The number of hydrogen-bond acceptors (Lipinski definition) is 6. The molecule has 26 heavy (non-hydrogen) atoms. The Hall–Kier alpha value is -3.29. The fourth-order valence-electron chi connectivity index (χ4n) is 2.49. The fourth-order valence-corrected chi connectivity index (χ4v) is 2.49. The number of carbonyl (C=O) groups is 1. The van der Waals surface area contributed by atoms with E-state index in [2.05, 4.69) is 10.6 Å². The van der Waals surface area contributed by atoms with Crippen molar-refractivity contribution >= 4 is 23.0 Å². The number of anilines is 2. The molecule has 8 nitrogen and oxygen atoms in total. The van der Waals surface area contributed by atoms with Crippen LogP contribution in [-0.4, -0.2) is 30.1 Å². The SMILES string of the molecule is CC(Nc1ccc2c(c1)OCCCO2)C(=O)Nc1ccc([N+](=O)[O-])cc1. The second kappa shape index (κ2) is 7.73. The third-order valence-electron chi connectivity index (χ3n) is 3.87. The van der Waals surface area contributed by atoms with Gasteiger partial charge >= 0.3 is 0 Å². The van der Waals surface area contributed by atoms with E-state index in [0.717, 1.165) is 12.1 Å². The molecule has 136 valence electrons. The van der Waals surface area contributed by atoms with Crippen molar-refractivity contribution in [2.24, 2.45) is 0 Å². The number of non-ortho nitro benzene ring substituents is 1. The van der Waals surface area contributed by atoms with Crippen molar-refractivity contribution in [2.45, 2.75) is 19.4 Å². The van der Waals surface area contributed by atoms with Crippen LogP contribution >= 0.6 is 0 Å². The predicted molar refractivity (Wildman–Crippen MR) is 96.9 cm³/mol. The number of fused-ring (bicyclic) bond motifs is 1. The Labute approximate surface area is 150 Å². The molecule has 2 N–H and O–H groups in total. The zero-order valence-corrected chi connectivity index (χ0v) is 14.2. The summed E-state index contributed by atoms with van der Waals surface area (Å²) in [5.41, 5.74) is 1.20. The molecule has 0 bridgehead atoms. The minimum atomic E-state index is -0.519. The average Bonchev–Trinajstić information content (AvgIpc) is 2.87. The third kappa shape index (κ3) is 4.21. The molecule has 0 saturated carbocycles. The standard InChI is InChI=1S/C18H19N3O5/c1-12(18(22)20-13-3-6-15(7-4-13)21(23)24)19-14-5-8-16-17(11-14)26-10-2-9-25-16/h3-8,11-12,19H,2,9-10H2,1H3,(H,20,22). The van der Waals surface area contributed by atoms with Crippen LogP contribution in [0.3, 0.4) is 0 Å². The van der Waals surface area contributed by atoms with Gasteiger partial charge in [-0.05, 0) is 31.2 Å². The number of benzene rings is 2. The Morgan fingerprint density at radius 1 is 1.08 bits per heavy atom. The zero-order valence-electron chi connectivity index (χ0n) is 14.2. The van der Waals surface area contributed by atoms with E-state index < -0.39 is 11.0 Å². The molecule has 3 rings (SSSR count). The molecule has 0 radical (unpaired) electrons. The summed E-state index contributed by atoms with van der Waals surface area (Å²) in [6.45, 7) is 2.93. The number of ether oxygens (including phenoxy) is 2. The van der Waals surface area contributed by atoms with Crippen molar-refractivity contribution < 1.29 is 19.2 Å². The molecular formula is C18H19N3O5. The largest absolute Gasteiger partial charge is 0.490 e. The average molecular weight is 357 g/mol. The number of nitro groups is 1. The van der Waals surface area contributed by atoms with E-state index in [9.17, 15) is 14.9 Å². The quantitative estimate of drug-likeness (QED) is 0.629. The van der Waals surface area contributed by atoms with Gasteiger partial charge in [-0.2, -0.15) is 0 Å². The maximum atomic E-state index is 12.3. The Kier molecular flexibility index (Phi) is 5.21. The summed E-state index contributed by atoms with van der Waals surface area (Å²) in [7, 11) is 0. The van der Waals surface area contributed by atoms with Gasteiger partial charge in [0.15, 0.2) is 11.5 Å². The monoisotopic (exact) mass is 357 g/mol. The summed E-state index contributed by atoms with van der Waals surface area (Å²) in [5, 5.41) is 16.5. The lowest BCUT2D eigenvalue weighted by molar-refractivity contribution is -0.384. The second-order valence-electron chi connectivity index (χ2n) is 5.87. The van der Waals surface area contributed by atoms with Crippen molar-refractivity contribution in [3.63, 3.8) is 0 Å². The molecule has 1 unspecified atom stereocenters.